The zero-order valence-electron chi connectivity index (χ0n) is 4.37. The van der Waals surface area contributed by atoms with Gasteiger partial charge in [0.05, 0.1) is 0 Å². The van der Waals surface area contributed by atoms with Crippen LogP contribution in [0.4, 0.5) is 4.39 Å². The molecule has 9 heavy (non-hydrogen) atoms. The molecule has 0 amide bonds. The molecule has 0 fully saturated rings. The normalized spacial score (nSPS) is 9.67. The van der Waals surface area contributed by atoms with E-state index >= 15 is 0 Å². The molecule has 0 atom stereocenters. The maximum atomic E-state index is 12.3. The standard InChI is InChI=1S/C6H3FI2/c7-4-1-2-5(8)6(9)3-4/h1-3H. The van der Waals surface area contributed by atoms with Crippen LogP contribution in [0.1, 0.15) is 0 Å². The van der Waals surface area contributed by atoms with Crippen molar-refractivity contribution >= 4 is 45.2 Å². The quantitative estimate of drug-likeness (QED) is 0.500. The first-order valence-electron chi connectivity index (χ1n) is 2.30. The van der Waals surface area contributed by atoms with Crippen molar-refractivity contribution in [2.45, 2.75) is 0 Å². The molecule has 0 heterocycles. The van der Waals surface area contributed by atoms with Gasteiger partial charge in [0.15, 0.2) is 0 Å². The Kier molecular flexibility index (Phi) is 2.69. The Hall–Kier alpha value is 0.610. The molecule has 0 nitrogen and oxygen atoms in total. The van der Waals surface area contributed by atoms with Gasteiger partial charge in [0, 0.05) is 7.14 Å². The van der Waals surface area contributed by atoms with Crippen molar-refractivity contribution in [1.82, 2.24) is 0 Å². The van der Waals surface area contributed by atoms with E-state index in [0.717, 1.165) is 7.14 Å². The van der Waals surface area contributed by atoms with Crippen molar-refractivity contribution in [3.05, 3.63) is 31.2 Å². The maximum absolute atomic E-state index is 12.3. The topological polar surface area (TPSA) is 0 Å². The Bertz CT molecular complexity index is 222. The fourth-order valence-electron chi connectivity index (χ4n) is 0.470. The smallest absolute Gasteiger partial charge is 0.124 e. The van der Waals surface area contributed by atoms with Gasteiger partial charge >= 0.3 is 0 Å². The highest BCUT2D eigenvalue weighted by atomic mass is 127. The molecular formula is C6H3FI2. The average Bonchev–Trinajstić information content (AvgIpc) is 1.80. The number of halogens is 3. The highest BCUT2D eigenvalue weighted by Gasteiger charge is 1.94. The van der Waals surface area contributed by atoms with Crippen LogP contribution >= 0.6 is 45.2 Å². The van der Waals surface area contributed by atoms with Crippen molar-refractivity contribution in [2.24, 2.45) is 0 Å². The van der Waals surface area contributed by atoms with E-state index in [9.17, 15) is 4.39 Å². The van der Waals surface area contributed by atoms with Crippen LogP contribution in [0.15, 0.2) is 18.2 Å². The minimum absolute atomic E-state index is 0.167. The molecule has 0 spiro atoms. The lowest BCUT2D eigenvalue weighted by atomic mass is 10.4. The zero-order chi connectivity index (χ0) is 6.85. The first-order chi connectivity index (χ1) is 4.20. The highest BCUT2D eigenvalue weighted by Crippen LogP contribution is 2.15. The van der Waals surface area contributed by atoms with Crippen LogP contribution in [0, 0.1) is 13.0 Å². The molecule has 1 rings (SSSR count). The van der Waals surface area contributed by atoms with E-state index in [1.54, 1.807) is 6.07 Å². The lowest BCUT2D eigenvalue weighted by molar-refractivity contribution is 0.626. The summed E-state index contributed by atoms with van der Waals surface area (Å²) in [5.41, 5.74) is 0. The number of rotatable bonds is 0. The van der Waals surface area contributed by atoms with Crippen molar-refractivity contribution in [1.29, 1.82) is 0 Å². The van der Waals surface area contributed by atoms with Crippen LogP contribution < -0.4 is 0 Å². The summed E-state index contributed by atoms with van der Waals surface area (Å²) in [5.74, 6) is -0.167. The van der Waals surface area contributed by atoms with E-state index in [4.69, 9.17) is 0 Å². The Morgan fingerprint density at radius 2 is 1.78 bits per heavy atom. The monoisotopic (exact) mass is 348 g/mol. The van der Waals surface area contributed by atoms with E-state index in [1.165, 1.54) is 12.1 Å². The van der Waals surface area contributed by atoms with E-state index in [-0.39, 0.29) is 5.82 Å². The van der Waals surface area contributed by atoms with Gasteiger partial charge < -0.3 is 0 Å². The van der Waals surface area contributed by atoms with E-state index in [1.807, 2.05) is 0 Å². The molecule has 0 saturated carbocycles. The van der Waals surface area contributed by atoms with Gasteiger partial charge in [-0.3, -0.25) is 0 Å². The van der Waals surface area contributed by atoms with Crippen molar-refractivity contribution < 1.29 is 4.39 Å². The molecule has 48 valence electrons. The van der Waals surface area contributed by atoms with Gasteiger partial charge in [0.2, 0.25) is 0 Å². The molecule has 0 radical (unpaired) electrons. The average molecular weight is 348 g/mol. The Labute approximate surface area is 80.1 Å². The van der Waals surface area contributed by atoms with E-state index in [0.29, 0.717) is 0 Å². The molecule has 0 aromatic heterocycles. The molecule has 0 aliphatic carbocycles. The van der Waals surface area contributed by atoms with Gasteiger partial charge in [-0.15, -0.1) is 0 Å². The lowest BCUT2D eigenvalue weighted by Crippen LogP contribution is -1.79. The second-order valence-electron chi connectivity index (χ2n) is 1.56. The van der Waals surface area contributed by atoms with Crippen LogP contribution in [-0.4, -0.2) is 0 Å². The van der Waals surface area contributed by atoms with Gasteiger partial charge in [-0.25, -0.2) is 4.39 Å². The minimum Gasteiger partial charge on any atom is -0.207 e. The zero-order valence-corrected chi connectivity index (χ0v) is 8.68. The Morgan fingerprint density at radius 1 is 1.11 bits per heavy atom. The maximum Gasteiger partial charge on any atom is 0.124 e. The van der Waals surface area contributed by atoms with Crippen molar-refractivity contribution in [3.63, 3.8) is 0 Å². The second-order valence-corrected chi connectivity index (χ2v) is 3.88. The van der Waals surface area contributed by atoms with Gasteiger partial charge in [0.25, 0.3) is 0 Å². The molecule has 0 N–H and O–H groups in total. The van der Waals surface area contributed by atoms with Gasteiger partial charge in [-0.1, -0.05) is 0 Å². The van der Waals surface area contributed by atoms with Gasteiger partial charge in [-0.2, -0.15) is 0 Å². The summed E-state index contributed by atoms with van der Waals surface area (Å²) in [6.45, 7) is 0. The molecule has 0 unspecified atom stereocenters. The summed E-state index contributed by atoms with van der Waals surface area (Å²) in [7, 11) is 0. The minimum atomic E-state index is -0.167. The largest absolute Gasteiger partial charge is 0.207 e. The highest BCUT2D eigenvalue weighted by molar-refractivity contribution is 14.1. The van der Waals surface area contributed by atoms with E-state index in [2.05, 4.69) is 45.2 Å². The third-order valence-electron chi connectivity index (χ3n) is 0.882. The summed E-state index contributed by atoms with van der Waals surface area (Å²) < 4.78 is 14.4. The third kappa shape index (κ3) is 2.03. The van der Waals surface area contributed by atoms with Crippen LogP contribution in [-0.2, 0) is 0 Å². The predicted molar refractivity (Wildman–Crippen MR) is 51.8 cm³/mol. The summed E-state index contributed by atoms with van der Waals surface area (Å²) in [5, 5.41) is 0. The number of benzene rings is 1. The van der Waals surface area contributed by atoms with E-state index < -0.39 is 0 Å². The van der Waals surface area contributed by atoms with Crippen molar-refractivity contribution in [3.8, 4) is 0 Å². The fraction of sp³-hybridized carbons (Fsp3) is 0. The summed E-state index contributed by atoms with van der Waals surface area (Å²) in [4.78, 5) is 0. The SMILES string of the molecule is Fc1ccc(I)c(I)c1. The first kappa shape index (κ1) is 7.71. The fourth-order valence-corrected chi connectivity index (χ4v) is 1.28. The molecule has 0 saturated heterocycles. The molecule has 0 aliphatic rings. The molecule has 0 aliphatic heterocycles. The van der Waals surface area contributed by atoms with Crippen LogP contribution in [0.25, 0.3) is 0 Å². The third-order valence-corrected chi connectivity index (χ3v) is 3.75. The number of hydrogen-bond acceptors (Lipinski definition) is 0. The summed E-state index contributed by atoms with van der Waals surface area (Å²) >= 11 is 4.27. The van der Waals surface area contributed by atoms with Crippen LogP contribution in [0.5, 0.6) is 0 Å². The molecule has 1 aromatic carbocycles. The first-order valence-corrected chi connectivity index (χ1v) is 4.46. The second kappa shape index (κ2) is 3.14. The molecule has 1 aromatic rings. The Morgan fingerprint density at radius 3 is 2.22 bits per heavy atom. The molecular weight excluding hydrogens is 345 g/mol. The van der Waals surface area contributed by atoms with Gasteiger partial charge in [0.1, 0.15) is 5.82 Å². The summed E-state index contributed by atoms with van der Waals surface area (Å²) in [6.07, 6.45) is 0. The Balaban J connectivity index is 3.17. The number of hydrogen-bond donors (Lipinski definition) is 0. The molecule has 3 heteroatoms. The predicted octanol–water partition coefficient (Wildman–Crippen LogP) is 3.03. The van der Waals surface area contributed by atoms with Crippen molar-refractivity contribution in [2.75, 3.05) is 0 Å². The van der Waals surface area contributed by atoms with Crippen LogP contribution in [0.2, 0.25) is 0 Å². The lowest BCUT2D eigenvalue weighted by Gasteiger charge is -1.92. The van der Waals surface area contributed by atoms with Gasteiger partial charge in [-0.05, 0) is 63.4 Å². The molecule has 0 bridgehead atoms. The summed E-state index contributed by atoms with van der Waals surface area (Å²) in [6, 6.07) is 4.74. The van der Waals surface area contributed by atoms with Crippen LogP contribution in [0.3, 0.4) is 0 Å².